The van der Waals surface area contributed by atoms with Crippen molar-refractivity contribution in [1.82, 2.24) is 10.6 Å². The lowest BCUT2D eigenvalue weighted by Gasteiger charge is -2.24. The summed E-state index contributed by atoms with van der Waals surface area (Å²) in [7, 11) is 0. The maximum atomic E-state index is 5.46. The summed E-state index contributed by atoms with van der Waals surface area (Å²) >= 11 is 0. The molecule has 0 aromatic heterocycles. The molecule has 3 heteroatoms. The highest BCUT2D eigenvalue weighted by molar-refractivity contribution is 4.71. The van der Waals surface area contributed by atoms with E-state index in [1.54, 1.807) is 0 Å². The lowest BCUT2D eigenvalue weighted by molar-refractivity contribution is 0.0540. The van der Waals surface area contributed by atoms with Gasteiger partial charge in [0.15, 0.2) is 0 Å². The molecule has 1 aliphatic heterocycles. The molecule has 1 heterocycles. The van der Waals surface area contributed by atoms with Gasteiger partial charge < -0.3 is 15.4 Å². The van der Waals surface area contributed by atoms with Crippen LogP contribution in [0.2, 0.25) is 0 Å². The molecule has 2 N–H and O–H groups in total. The molecule has 1 rings (SSSR count). The summed E-state index contributed by atoms with van der Waals surface area (Å²) in [6.07, 6.45) is 2.54. The SMILES string of the molecule is CC(C)NCC(C)NCC1CCCOC1. The minimum atomic E-state index is 0.550. The van der Waals surface area contributed by atoms with Gasteiger partial charge in [0.05, 0.1) is 6.61 Å². The van der Waals surface area contributed by atoms with Gasteiger partial charge in [0.1, 0.15) is 0 Å². The van der Waals surface area contributed by atoms with Gasteiger partial charge in [0.25, 0.3) is 0 Å². The monoisotopic (exact) mass is 214 g/mol. The van der Waals surface area contributed by atoms with Crippen molar-refractivity contribution >= 4 is 0 Å². The van der Waals surface area contributed by atoms with E-state index >= 15 is 0 Å². The largest absolute Gasteiger partial charge is 0.381 e. The average Bonchev–Trinajstić information content (AvgIpc) is 2.25. The molecule has 0 aliphatic carbocycles. The summed E-state index contributed by atoms with van der Waals surface area (Å²) in [6.45, 7) is 10.6. The summed E-state index contributed by atoms with van der Waals surface area (Å²) in [5, 5.41) is 7.00. The molecule has 0 bridgehead atoms. The van der Waals surface area contributed by atoms with Crippen LogP contribution in [-0.2, 0) is 4.74 Å². The van der Waals surface area contributed by atoms with Gasteiger partial charge in [-0.15, -0.1) is 0 Å². The van der Waals surface area contributed by atoms with Gasteiger partial charge in [-0.2, -0.15) is 0 Å². The highest BCUT2D eigenvalue weighted by Gasteiger charge is 2.14. The van der Waals surface area contributed by atoms with Crippen molar-refractivity contribution in [3.05, 3.63) is 0 Å². The first-order valence-electron chi connectivity index (χ1n) is 6.23. The Morgan fingerprint density at radius 3 is 2.67 bits per heavy atom. The topological polar surface area (TPSA) is 33.3 Å². The highest BCUT2D eigenvalue weighted by atomic mass is 16.5. The Morgan fingerprint density at radius 1 is 1.27 bits per heavy atom. The Kier molecular flexibility index (Phi) is 6.22. The van der Waals surface area contributed by atoms with Gasteiger partial charge in [-0.25, -0.2) is 0 Å². The lowest BCUT2D eigenvalue weighted by Crippen LogP contribution is -2.42. The molecule has 1 saturated heterocycles. The van der Waals surface area contributed by atoms with Gasteiger partial charge in [0, 0.05) is 31.8 Å². The van der Waals surface area contributed by atoms with Crippen LogP contribution in [0.1, 0.15) is 33.6 Å². The Hall–Kier alpha value is -0.120. The molecule has 0 saturated carbocycles. The fraction of sp³-hybridized carbons (Fsp3) is 1.00. The zero-order chi connectivity index (χ0) is 11.1. The van der Waals surface area contributed by atoms with E-state index in [4.69, 9.17) is 4.74 Å². The van der Waals surface area contributed by atoms with Crippen LogP contribution >= 0.6 is 0 Å². The Balaban J connectivity index is 2.02. The number of hydrogen-bond donors (Lipinski definition) is 2. The van der Waals surface area contributed by atoms with Crippen LogP contribution < -0.4 is 10.6 Å². The Morgan fingerprint density at radius 2 is 2.07 bits per heavy atom. The van der Waals surface area contributed by atoms with Crippen LogP contribution in [0.25, 0.3) is 0 Å². The summed E-state index contributed by atoms with van der Waals surface area (Å²) in [4.78, 5) is 0. The molecule has 0 spiro atoms. The second-order valence-electron chi connectivity index (χ2n) is 4.96. The molecule has 0 radical (unpaired) electrons. The first kappa shape index (κ1) is 12.9. The molecule has 3 nitrogen and oxygen atoms in total. The minimum absolute atomic E-state index is 0.550. The zero-order valence-corrected chi connectivity index (χ0v) is 10.4. The molecule has 0 aromatic rings. The molecule has 0 aromatic carbocycles. The number of ether oxygens (including phenoxy) is 1. The molecule has 1 fully saturated rings. The Labute approximate surface area is 94.0 Å². The molecule has 2 atom stereocenters. The molecule has 90 valence electrons. The molecular weight excluding hydrogens is 188 g/mol. The third-order valence-corrected chi connectivity index (χ3v) is 2.84. The van der Waals surface area contributed by atoms with E-state index < -0.39 is 0 Å². The van der Waals surface area contributed by atoms with Crippen LogP contribution in [0.5, 0.6) is 0 Å². The van der Waals surface area contributed by atoms with Crippen molar-refractivity contribution in [2.45, 2.75) is 45.7 Å². The Bertz CT molecular complexity index is 156. The number of nitrogens with one attached hydrogen (secondary N) is 2. The van der Waals surface area contributed by atoms with Gasteiger partial charge >= 0.3 is 0 Å². The normalized spacial score (nSPS) is 24.4. The summed E-state index contributed by atoms with van der Waals surface area (Å²) in [5.74, 6) is 0.722. The van der Waals surface area contributed by atoms with Crippen molar-refractivity contribution in [2.75, 3.05) is 26.3 Å². The van der Waals surface area contributed by atoms with E-state index in [0.29, 0.717) is 12.1 Å². The van der Waals surface area contributed by atoms with Crippen LogP contribution in [0.3, 0.4) is 0 Å². The highest BCUT2D eigenvalue weighted by Crippen LogP contribution is 2.12. The minimum Gasteiger partial charge on any atom is -0.381 e. The van der Waals surface area contributed by atoms with Gasteiger partial charge in [-0.3, -0.25) is 0 Å². The van der Waals surface area contributed by atoms with E-state index in [1.807, 2.05) is 0 Å². The average molecular weight is 214 g/mol. The maximum absolute atomic E-state index is 5.46. The zero-order valence-electron chi connectivity index (χ0n) is 10.4. The predicted molar refractivity (Wildman–Crippen MR) is 64.1 cm³/mol. The standard InChI is InChI=1S/C12H26N2O/c1-10(2)13-7-11(3)14-8-12-5-4-6-15-9-12/h10-14H,4-9H2,1-3H3. The second kappa shape index (κ2) is 7.20. The third-order valence-electron chi connectivity index (χ3n) is 2.84. The maximum Gasteiger partial charge on any atom is 0.0506 e. The first-order chi connectivity index (χ1) is 7.18. The van der Waals surface area contributed by atoms with Crippen LogP contribution in [0.15, 0.2) is 0 Å². The number of hydrogen-bond acceptors (Lipinski definition) is 3. The van der Waals surface area contributed by atoms with Crippen molar-refractivity contribution in [3.63, 3.8) is 0 Å². The van der Waals surface area contributed by atoms with Crippen molar-refractivity contribution in [2.24, 2.45) is 5.92 Å². The summed E-state index contributed by atoms with van der Waals surface area (Å²) in [5.41, 5.74) is 0. The fourth-order valence-electron chi connectivity index (χ4n) is 1.82. The molecular formula is C12H26N2O. The van der Waals surface area contributed by atoms with Crippen LogP contribution in [0.4, 0.5) is 0 Å². The van der Waals surface area contributed by atoms with Crippen LogP contribution in [0, 0.1) is 5.92 Å². The molecule has 1 aliphatic rings. The van der Waals surface area contributed by atoms with Gasteiger partial charge in [0.2, 0.25) is 0 Å². The summed E-state index contributed by atoms with van der Waals surface area (Å²) < 4.78 is 5.46. The van der Waals surface area contributed by atoms with E-state index in [1.165, 1.54) is 12.8 Å². The van der Waals surface area contributed by atoms with E-state index in [2.05, 4.69) is 31.4 Å². The number of rotatable bonds is 6. The van der Waals surface area contributed by atoms with Crippen molar-refractivity contribution in [3.8, 4) is 0 Å². The van der Waals surface area contributed by atoms with Crippen LogP contribution in [-0.4, -0.2) is 38.4 Å². The lowest BCUT2D eigenvalue weighted by atomic mass is 10.0. The molecule has 0 amide bonds. The fourth-order valence-corrected chi connectivity index (χ4v) is 1.82. The smallest absolute Gasteiger partial charge is 0.0506 e. The quantitative estimate of drug-likeness (QED) is 0.701. The molecule has 2 unspecified atom stereocenters. The van der Waals surface area contributed by atoms with E-state index in [0.717, 1.165) is 32.2 Å². The van der Waals surface area contributed by atoms with E-state index in [9.17, 15) is 0 Å². The summed E-state index contributed by atoms with van der Waals surface area (Å²) in [6, 6.07) is 1.13. The first-order valence-corrected chi connectivity index (χ1v) is 6.23. The predicted octanol–water partition coefficient (Wildman–Crippen LogP) is 1.39. The van der Waals surface area contributed by atoms with Crippen molar-refractivity contribution in [1.29, 1.82) is 0 Å². The van der Waals surface area contributed by atoms with Gasteiger partial charge in [-0.1, -0.05) is 13.8 Å². The van der Waals surface area contributed by atoms with Gasteiger partial charge in [-0.05, 0) is 25.7 Å². The third kappa shape index (κ3) is 6.13. The molecule has 15 heavy (non-hydrogen) atoms. The van der Waals surface area contributed by atoms with Crippen molar-refractivity contribution < 1.29 is 4.74 Å². The second-order valence-corrected chi connectivity index (χ2v) is 4.96. The van der Waals surface area contributed by atoms with E-state index in [-0.39, 0.29) is 0 Å².